The zero-order chi connectivity index (χ0) is 15.7. The lowest BCUT2D eigenvalue weighted by molar-refractivity contribution is -0.0153. The summed E-state index contributed by atoms with van der Waals surface area (Å²) in [6, 6.07) is 0. The molecule has 1 N–H and O–H groups in total. The first-order chi connectivity index (χ1) is 9.70. The predicted octanol–water partition coefficient (Wildman–Crippen LogP) is 2.24. The topological polar surface area (TPSA) is 77.2 Å². The van der Waals surface area contributed by atoms with Gasteiger partial charge in [0.05, 0.1) is 17.8 Å². The number of carbonyl (C=O) groups excluding carboxylic acids is 1. The van der Waals surface area contributed by atoms with Crippen molar-refractivity contribution in [2.24, 2.45) is 0 Å². The molecule has 0 bridgehead atoms. The third kappa shape index (κ3) is 4.03. The van der Waals surface area contributed by atoms with Crippen molar-refractivity contribution < 1.29 is 14.6 Å². The van der Waals surface area contributed by atoms with Crippen molar-refractivity contribution in [2.45, 2.75) is 77.5 Å². The number of nitrogens with zero attached hydrogens (tertiary/aromatic N) is 3. The van der Waals surface area contributed by atoms with Crippen LogP contribution in [0.25, 0.3) is 0 Å². The number of esters is 1. The fraction of sp³-hybridized carbons (Fsp3) is 0.800. The van der Waals surface area contributed by atoms with Gasteiger partial charge in [0.1, 0.15) is 5.60 Å². The van der Waals surface area contributed by atoms with Crippen molar-refractivity contribution in [3.8, 4) is 0 Å². The lowest BCUT2D eigenvalue weighted by Crippen LogP contribution is -2.37. The summed E-state index contributed by atoms with van der Waals surface area (Å²) in [4.78, 5) is 12.1. The fourth-order valence-corrected chi connectivity index (χ4v) is 2.67. The predicted molar refractivity (Wildman–Crippen MR) is 78.0 cm³/mol. The molecule has 0 radical (unpaired) electrons. The number of carbonyl (C=O) groups is 1. The number of hydrogen-bond donors (Lipinski definition) is 1. The van der Waals surface area contributed by atoms with E-state index < -0.39 is 17.2 Å². The molecular formula is C15H25N3O3. The molecule has 1 heterocycles. The summed E-state index contributed by atoms with van der Waals surface area (Å²) >= 11 is 0. The molecular weight excluding hydrogens is 270 g/mol. The van der Waals surface area contributed by atoms with E-state index in [2.05, 4.69) is 10.3 Å². The lowest BCUT2D eigenvalue weighted by Gasteiger charge is -2.31. The number of ether oxygens (including phenoxy) is 1. The summed E-state index contributed by atoms with van der Waals surface area (Å²) in [6.45, 7) is 7.61. The minimum Gasteiger partial charge on any atom is -0.455 e. The van der Waals surface area contributed by atoms with E-state index in [-0.39, 0.29) is 5.69 Å². The molecule has 0 saturated heterocycles. The maximum Gasteiger partial charge on any atom is 0.361 e. The van der Waals surface area contributed by atoms with Crippen LogP contribution < -0.4 is 0 Å². The Labute approximate surface area is 125 Å². The molecule has 1 aliphatic carbocycles. The monoisotopic (exact) mass is 295 g/mol. The van der Waals surface area contributed by atoms with E-state index in [0.29, 0.717) is 12.2 Å². The zero-order valence-electron chi connectivity index (χ0n) is 13.3. The van der Waals surface area contributed by atoms with Crippen molar-refractivity contribution in [1.82, 2.24) is 15.0 Å². The zero-order valence-corrected chi connectivity index (χ0v) is 13.3. The smallest absolute Gasteiger partial charge is 0.361 e. The third-order valence-corrected chi connectivity index (χ3v) is 3.80. The van der Waals surface area contributed by atoms with Crippen LogP contribution in [-0.2, 0) is 11.3 Å². The molecule has 0 aliphatic heterocycles. The van der Waals surface area contributed by atoms with E-state index >= 15 is 0 Å². The van der Waals surface area contributed by atoms with Crippen molar-refractivity contribution in [1.29, 1.82) is 0 Å². The third-order valence-electron chi connectivity index (χ3n) is 3.80. The summed E-state index contributed by atoms with van der Waals surface area (Å²) < 4.78 is 6.93. The molecule has 1 aromatic rings. The first-order valence-electron chi connectivity index (χ1n) is 7.56. The van der Waals surface area contributed by atoms with Crippen LogP contribution in [0.1, 0.15) is 69.1 Å². The maximum absolute atomic E-state index is 12.1. The van der Waals surface area contributed by atoms with Crippen LogP contribution in [0.5, 0.6) is 0 Å². The van der Waals surface area contributed by atoms with E-state index in [0.717, 1.165) is 25.7 Å². The van der Waals surface area contributed by atoms with Gasteiger partial charge in [-0.1, -0.05) is 24.5 Å². The Morgan fingerprint density at radius 1 is 1.33 bits per heavy atom. The first-order valence-corrected chi connectivity index (χ1v) is 7.56. The highest BCUT2D eigenvalue weighted by atomic mass is 16.6. The first kappa shape index (κ1) is 15.9. The van der Waals surface area contributed by atoms with E-state index in [1.54, 1.807) is 11.6 Å². The molecule has 0 aromatic carbocycles. The van der Waals surface area contributed by atoms with Gasteiger partial charge in [-0.05, 0) is 40.5 Å². The van der Waals surface area contributed by atoms with Gasteiger partial charge in [0.25, 0.3) is 0 Å². The van der Waals surface area contributed by atoms with Crippen LogP contribution in [0.15, 0.2) is 0 Å². The number of aliphatic hydroxyl groups is 1. The Kier molecular flexibility index (Phi) is 4.37. The summed E-state index contributed by atoms with van der Waals surface area (Å²) in [7, 11) is 0. The highest BCUT2D eigenvalue weighted by Gasteiger charge is 2.32. The van der Waals surface area contributed by atoms with Crippen molar-refractivity contribution in [3.63, 3.8) is 0 Å². The van der Waals surface area contributed by atoms with E-state index in [9.17, 15) is 9.90 Å². The Bertz CT molecular complexity index is 511. The van der Waals surface area contributed by atoms with Crippen LogP contribution in [-0.4, -0.2) is 37.3 Å². The van der Waals surface area contributed by atoms with E-state index in [1.165, 1.54) is 6.42 Å². The molecule has 0 spiro atoms. The molecule has 6 nitrogen and oxygen atoms in total. The summed E-state index contributed by atoms with van der Waals surface area (Å²) in [5, 5.41) is 18.5. The quantitative estimate of drug-likeness (QED) is 0.865. The van der Waals surface area contributed by atoms with Gasteiger partial charge in [-0.25, -0.2) is 9.48 Å². The molecule has 0 amide bonds. The second-order valence-corrected chi connectivity index (χ2v) is 6.97. The lowest BCUT2D eigenvalue weighted by atomic mass is 9.85. The van der Waals surface area contributed by atoms with Gasteiger partial charge < -0.3 is 9.84 Å². The van der Waals surface area contributed by atoms with Crippen molar-refractivity contribution >= 4 is 5.97 Å². The molecule has 0 atom stereocenters. The average Bonchev–Trinajstić information content (AvgIpc) is 2.69. The highest BCUT2D eigenvalue weighted by Crippen LogP contribution is 2.29. The molecule has 0 unspecified atom stereocenters. The molecule has 1 saturated carbocycles. The van der Waals surface area contributed by atoms with Crippen LogP contribution >= 0.6 is 0 Å². The summed E-state index contributed by atoms with van der Waals surface area (Å²) in [5.41, 5.74) is -0.427. The van der Waals surface area contributed by atoms with Gasteiger partial charge in [-0.3, -0.25) is 0 Å². The van der Waals surface area contributed by atoms with Crippen molar-refractivity contribution in [3.05, 3.63) is 11.4 Å². The van der Waals surface area contributed by atoms with Crippen LogP contribution in [0.3, 0.4) is 0 Å². The second kappa shape index (κ2) is 5.75. The molecule has 21 heavy (non-hydrogen) atoms. The minimum atomic E-state index is -0.734. The normalized spacial score (nSPS) is 18.5. The fourth-order valence-electron chi connectivity index (χ4n) is 2.67. The molecule has 118 valence electrons. The molecule has 1 fully saturated rings. The van der Waals surface area contributed by atoms with Gasteiger partial charge in [-0.2, -0.15) is 0 Å². The number of hydrogen-bond acceptors (Lipinski definition) is 5. The molecule has 1 aliphatic rings. The van der Waals surface area contributed by atoms with Gasteiger partial charge >= 0.3 is 5.97 Å². The van der Waals surface area contributed by atoms with Crippen molar-refractivity contribution in [2.75, 3.05) is 0 Å². The summed E-state index contributed by atoms with van der Waals surface area (Å²) in [6.07, 6.45) is 4.77. The van der Waals surface area contributed by atoms with E-state index in [4.69, 9.17) is 4.74 Å². The van der Waals surface area contributed by atoms with Gasteiger partial charge in [0, 0.05) is 0 Å². The van der Waals surface area contributed by atoms with Gasteiger partial charge in [0.15, 0.2) is 5.69 Å². The maximum atomic E-state index is 12.1. The summed E-state index contributed by atoms with van der Waals surface area (Å²) in [5.74, 6) is -0.470. The number of aromatic nitrogens is 3. The number of rotatable bonds is 3. The minimum absolute atomic E-state index is 0.226. The van der Waals surface area contributed by atoms with E-state index in [1.807, 2.05) is 20.8 Å². The van der Waals surface area contributed by atoms with Gasteiger partial charge in [0.2, 0.25) is 0 Å². The Morgan fingerprint density at radius 2 is 1.95 bits per heavy atom. The Balaban J connectivity index is 2.11. The SMILES string of the molecule is Cc1c(C(=O)OC(C)(C)C)nnn1CC1(O)CCCCC1. The largest absolute Gasteiger partial charge is 0.455 e. The second-order valence-electron chi connectivity index (χ2n) is 6.97. The molecule has 6 heteroatoms. The molecule has 2 rings (SSSR count). The van der Waals surface area contributed by atoms with Crippen LogP contribution in [0.4, 0.5) is 0 Å². The Morgan fingerprint density at radius 3 is 2.52 bits per heavy atom. The highest BCUT2D eigenvalue weighted by molar-refractivity contribution is 5.88. The van der Waals surface area contributed by atoms with Crippen LogP contribution in [0.2, 0.25) is 0 Å². The Hall–Kier alpha value is -1.43. The average molecular weight is 295 g/mol. The standard InChI is InChI=1S/C15H25N3O3/c1-11-12(13(19)21-14(2,3)4)16-17-18(11)10-15(20)8-6-5-7-9-15/h20H,5-10H2,1-4H3. The van der Waals surface area contributed by atoms with Crippen LogP contribution in [0, 0.1) is 6.92 Å². The molecule has 1 aromatic heterocycles. The van der Waals surface area contributed by atoms with Gasteiger partial charge in [-0.15, -0.1) is 5.10 Å².